The molecule has 0 unspecified atom stereocenters. The van der Waals surface area contributed by atoms with Gasteiger partial charge < -0.3 is 4.52 Å². The summed E-state index contributed by atoms with van der Waals surface area (Å²) in [6, 6.07) is 8.96. The van der Waals surface area contributed by atoms with Crippen LogP contribution in [-0.2, 0) is 0 Å². The smallest absolute Gasteiger partial charge is 0.258 e. The summed E-state index contributed by atoms with van der Waals surface area (Å²) >= 11 is 3.09. The van der Waals surface area contributed by atoms with E-state index in [9.17, 15) is 0 Å². The van der Waals surface area contributed by atoms with Gasteiger partial charge in [-0.05, 0) is 45.4 Å². The third kappa shape index (κ3) is 1.65. The summed E-state index contributed by atoms with van der Waals surface area (Å²) in [6.07, 6.45) is 0. The maximum atomic E-state index is 8.59. The quantitative estimate of drug-likeness (QED) is 0.779. The molecule has 0 spiro atoms. The van der Waals surface area contributed by atoms with Crippen molar-refractivity contribution in [2.45, 2.75) is 0 Å². The number of aromatic nitrogens is 2. The first-order chi connectivity index (χ1) is 6.79. The normalized spacial score (nSPS) is 9.71. The Morgan fingerprint density at radius 2 is 2.00 bits per heavy atom. The first kappa shape index (κ1) is 8.91. The Labute approximate surface area is 88.3 Å². The first-order valence-corrected chi connectivity index (χ1v) is 4.58. The van der Waals surface area contributed by atoms with Gasteiger partial charge in [-0.25, -0.2) is 0 Å². The van der Waals surface area contributed by atoms with E-state index in [-0.39, 0.29) is 0 Å². The van der Waals surface area contributed by atoms with Crippen LogP contribution >= 0.6 is 15.9 Å². The Morgan fingerprint density at radius 1 is 1.29 bits per heavy atom. The molecule has 0 aliphatic carbocycles. The molecule has 2 rings (SSSR count). The summed E-state index contributed by atoms with van der Waals surface area (Å²) in [4.78, 5) is 3.99. The minimum Gasteiger partial charge on any atom is -0.333 e. The molecule has 4 nitrogen and oxygen atoms in total. The van der Waals surface area contributed by atoms with Crippen molar-refractivity contribution in [3.63, 3.8) is 0 Å². The van der Waals surface area contributed by atoms with Crippen LogP contribution in [0.4, 0.5) is 0 Å². The zero-order chi connectivity index (χ0) is 9.97. The molecule has 0 bridgehead atoms. The van der Waals surface area contributed by atoms with Gasteiger partial charge in [-0.3, -0.25) is 0 Å². The first-order valence-electron chi connectivity index (χ1n) is 3.79. The Kier molecular flexibility index (Phi) is 2.29. The maximum Gasteiger partial charge on any atom is 0.258 e. The van der Waals surface area contributed by atoms with Crippen molar-refractivity contribution in [3.8, 4) is 17.5 Å². The van der Waals surface area contributed by atoms with Gasteiger partial charge in [-0.1, -0.05) is 0 Å². The van der Waals surface area contributed by atoms with Crippen LogP contribution in [0.5, 0.6) is 0 Å². The molecule has 0 aliphatic rings. The lowest BCUT2D eigenvalue weighted by atomic mass is 10.1. The van der Waals surface area contributed by atoms with Crippen molar-refractivity contribution >= 4 is 15.9 Å². The molecule has 0 radical (unpaired) electrons. The highest BCUT2D eigenvalue weighted by molar-refractivity contribution is 9.10. The molecule has 0 N–H and O–H groups in total. The zero-order valence-electron chi connectivity index (χ0n) is 6.94. The summed E-state index contributed by atoms with van der Waals surface area (Å²) in [7, 11) is 0. The molecule has 0 aliphatic heterocycles. The van der Waals surface area contributed by atoms with Gasteiger partial charge in [0, 0.05) is 5.56 Å². The summed E-state index contributed by atoms with van der Waals surface area (Å²) in [5.41, 5.74) is 1.40. The molecule has 0 amide bonds. The number of benzene rings is 1. The Balaban J connectivity index is 2.39. The number of halogens is 1. The van der Waals surface area contributed by atoms with E-state index in [0.717, 1.165) is 5.56 Å². The Bertz CT molecular complexity index is 484. The minimum atomic E-state index is 0.414. The van der Waals surface area contributed by atoms with E-state index in [2.05, 4.69) is 26.1 Å². The third-order valence-electron chi connectivity index (χ3n) is 1.66. The highest BCUT2D eigenvalue weighted by Gasteiger charge is 2.05. The van der Waals surface area contributed by atoms with Crippen molar-refractivity contribution in [2.75, 3.05) is 0 Å². The molecule has 0 saturated carbocycles. The number of hydrogen-bond acceptors (Lipinski definition) is 4. The molecule has 1 aromatic heterocycles. The second kappa shape index (κ2) is 3.60. The standard InChI is InChI=1S/C9H4BrN3O/c10-9-12-8(14-13-9)7-3-1-6(5-11)2-4-7/h1-4H. The summed E-state index contributed by atoms with van der Waals surface area (Å²) in [5, 5.41) is 12.2. The van der Waals surface area contributed by atoms with E-state index in [0.29, 0.717) is 16.2 Å². The largest absolute Gasteiger partial charge is 0.333 e. The molecule has 0 saturated heterocycles. The second-order valence-corrected chi connectivity index (χ2v) is 3.27. The highest BCUT2D eigenvalue weighted by atomic mass is 79.9. The van der Waals surface area contributed by atoms with Crippen LogP contribution in [-0.4, -0.2) is 10.1 Å². The monoisotopic (exact) mass is 249 g/mol. The number of rotatable bonds is 1. The molecular formula is C9H4BrN3O. The fourth-order valence-corrected chi connectivity index (χ4v) is 1.24. The average molecular weight is 250 g/mol. The summed E-state index contributed by atoms with van der Waals surface area (Å²) in [5.74, 6) is 0.432. The van der Waals surface area contributed by atoms with E-state index in [1.54, 1.807) is 24.3 Å². The molecule has 5 heteroatoms. The lowest BCUT2D eigenvalue weighted by Gasteiger charge is -1.92. The SMILES string of the molecule is N#Cc1ccc(-c2nc(Br)no2)cc1. The van der Waals surface area contributed by atoms with Crippen molar-refractivity contribution < 1.29 is 4.52 Å². The van der Waals surface area contributed by atoms with E-state index < -0.39 is 0 Å². The fourth-order valence-electron chi connectivity index (χ4n) is 1.01. The minimum absolute atomic E-state index is 0.414. The van der Waals surface area contributed by atoms with E-state index in [4.69, 9.17) is 9.78 Å². The van der Waals surface area contributed by atoms with Crippen LogP contribution < -0.4 is 0 Å². The highest BCUT2D eigenvalue weighted by Crippen LogP contribution is 2.18. The van der Waals surface area contributed by atoms with Gasteiger partial charge in [0.25, 0.3) is 5.89 Å². The van der Waals surface area contributed by atoms with Gasteiger partial charge in [0.1, 0.15) is 0 Å². The van der Waals surface area contributed by atoms with Crippen LogP contribution in [0.1, 0.15) is 5.56 Å². The van der Waals surface area contributed by atoms with Gasteiger partial charge in [-0.15, -0.1) is 0 Å². The lowest BCUT2D eigenvalue weighted by molar-refractivity contribution is 0.426. The Hall–Kier alpha value is -1.67. The fraction of sp³-hybridized carbons (Fsp3) is 0. The number of hydrogen-bond donors (Lipinski definition) is 0. The van der Waals surface area contributed by atoms with Crippen molar-refractivity contribution in [3.05, 3.63) is 34.6 Å². The molecule has 1 aromatic carbocycles. The second-order valence-electron chi connectivity index (χ2n) is 2.56. The van der Waals surface area contributed by atoms with Gasteiger partial charge in [0.2, 0.25) is 4.73 Å². The predicted molar refractivity (Wildman–Crippen MR) is 52.1 cm³/mol. The van der Waals surface area contributed by atoms with E-state index >= 15 is 0 Å². The van der Waals surface area contributed by atoms with Crippen molar-refractivity contribution in [2.24, 2.45) is 0 Å². The molecule has 14 heavy (non-hydrogen) atoms. The predicted octanol–water partition coefficient (Wildman–Crippen LogP) is 2.37. The molecule has 0 fully saturated rings. The number of nitrogens with zero attached hydrogens (tertiary/aromatic N) is 3. The van der Waals surface area contributed by atoms with Crippen LogP contribution in [0, 0.1) is 11.3 Å². The Morgan fingerprint density at radius 3 is 2.50 bits per heavy atom. The summed E-state index contributed by atoms with van der Waals surface area (Å²) < 4.78 is 5.35. The van der Waals surface area contributed by atoms with Crippen molar-refractivity contribution in [1.82, 2.24) is 10.1 Å². The average Bonchev–Trinajstić information content (AvgIpc) is 2.65. The van der Waals surface area contributed by atoms with Crippen molar-refractivity contribution in [1.29, 1.82) is 5.26 Å². The van der Waals surface area contributed by atoms with Gasteiger partial charge in [0.15, 0.2) is 0 Å². The van der Waals surface area contributed by atoms with Crippen LogP contribution in [0.2, 0.25) is 0 Å². The molecule has 2 aromatic rings. The van der Waals surface area contributed by atoms with Gasteiger partial charge >= 0.3 is 0 Å². The molecule has 0 atom stereocenters. The number of nitriles is 1. The third-order valence-corrected chi connectivity index (χ3v) is 1.98. The topological polar surface area (TPSA) is 62.7 Å². The molecular weight excluding hydrogens is 246 g/mol. The van der Waals surface area contributed by atoms with E-state index in [1.807, 2.05) is 6.07 Å². The van der Waals surface area contributed by atoms with Crippen LogP contribution in [0.3, 0.4) is 0 Å². The maximum absolute atomic E-state index is 8.59. The van der Waals surface area contributed by atoms with Crippen LogP contribution in [0.25, 0.3) is 11.5 Å². The lowest BCUT2D eigenvalue weighted by Crippen LogP contribution is -1.78. The van der Waals surface area contributed by atoms with Gasteiger partial charge in [-0.2, -0.15) is 10.2 Å². The van der Waals surface area contributed by atoms with E-state index in [1.165, 1.54) is 0 Å². The van der Waals surface area contributed by atoms with Gasteiger partial charge in [0.05, 0.1) is 11.6 Å². The van der Waals surface area contributed by atoms with Crippen LogP contribution in [0.15, 0.2) is 33.5 Å². The zero-order valence-corrected chi connectivity index (χ0v) is 8.52. The summed E-state index contributed by atoms with van der Waals surface area (Å²) in [6.45, 7) is 0. The molecule has 68 valence electrons. The molecule has 1 heterocycles.